The van der Waals surface area contributed by atoms with Crippen LogP contribution in [0.3, 0.4) is 0 Å². The maximum absolute atomic E-state index is 5.68. The smallest absolute Gasteiger partial charge is 0.133 e. The number of nitrogens with zero attached hydrogens (tertiary/aromatic N) is 1. The van der Waals surface area contributed by atoms with E-state index in [-0.39, 0.29) is 0 Å². The minimum absolute atomic E-state index is 0.688. The lowest BCUT2D eigenvalue weighted by Crippen LogP contribution is -1.97. The molecule has 0 aliphatic rings. The van der Waals surface area contributed by atoms with E-state index in [0.29, 0.717) is 5.69 Å². The molecule has 18 heavy (non-hydrogen) atoms. The quantitative estimate of drug-likeness (QED) is 0.819. The number of thioether (sulfide) groups is 1. The molecule has 0 saturated heterocycles. The van der Waals surface area contributed by atoms with Gasteiger partial charge in [0.15, 0.2) is 0 Å². The fraction of sp³-hybridized carbons (Fsp3) is 0.214. The largest absolute Gasteiger partial charge is 0.397 e. The van der Waals surface area contributed by atoms with Crippen molar-refractivity contribution in [2.45, 2.75) is 18.7 Å². The van der Waals surface area contributed by atoms with Gasteiger partial charge in [-0.2, -0.15) is 0 Å². The van der Waals surface area contributed by atoms with Gasteiger partial charge in [-0.05, 0) is 48.6 Å². The van der Waals surface area contributed by atoms with E-state index in [1.54, 1.807) is 6.20 Å². The third kappa shape index (κ3) is 3.17. The summed E-state index contributed by atoms with van der Waals surface area (Å²) >= 11 is 1.84. The van der Waals surface area contributed by atoms with Gasteiger partial charge < -0.3 is 11.1 Å². The van der Waals surface area contributed by atoms with E-state index >= 15 is 0 Å². The predicted molar refractivity (Wildman–Crippen MR) is 79.5 cm³/mol. The first kappa shape index (κ1) is 12.8. The van der Waals surface area contributed by atoms with Gasteiger partial charge in [0.25, 0.3) is 0 Å². The number of hydrogen-bond acceptors (Lipinski definition) is 4. The summed E-state index contributed by atoms with van der Waals surface area (Å²) < 4.78 is 0. The van der Waals surface area contributed by atoms with E-state index in [1.165, 1.54) is 4.90 Å². The van der Waals surface area contributed by atoms with Crippen LogP contribution in [-0.4, -0.2) is 10.7 Å². The van der Waals surface area contributed by atoms with Crippen LogP contribution in [0.1, 0.15) is 12.5 Å². The second-order valence-electron chi connectivity index (χ2n) is 4.02. The normalized spacial score (nSPS) is 10.3. The van der Waals surface area contributed by atoms with Crippen molar-refractivity contribution < 1.29 is 0 Å². The van der Waals surface area contributed by atoms with Crippen molar-refractivity contribution in [3.63, 3.8) is 0 Å². The van der Waals surface area contributed by atoms with Gasteiger partial charge >= 0.3 is 0 Å². The second kappa shape index (κ2) is 5.78. The van der Waals surface area contributed by atoms with Gasteiger partial charge in [-0.3, -0.25) is 0 Å². The van der Waals surface area contributed by atoms with Crippen molar-refractivity contribution in [3.05, 3.63) is 42.1 Å². The Morgan fingerprint density at radius 2 is 2.00 bits per heavy atom. The lowest BCUT2D eigenvalue weighted by atomic mass is 10.2. The number of pyridine rings is 1. The molecule has 0 saturated carbocycles. The standard InChI is InChI=1S/C14H17N3S/c1-3-18-13-6-4-12(5-7-13)17-14-10(2)8-11(15)9-16-14/h4-9H,3,15H2,1-2H3,(H,16,17). The Balaban J connectivity index is 2.13. The molecule has 0 bridgehead atoms. The molecular weight excluding hydrogens is 242 g/mol. The van der Waals surface area contributed by atoms with Crippen LogP contribution in [0.2, 0.25) is 0 Å². The van der Waals surface area contributed by atoms with Crippen LogP contribution in [0, 0.1) is 6.92 Å². The Morgan fingerprint density at radius 3 is 2.61 bits per heavy atom. The molecule has 3 N–H and O–H groups in total. The molecule has 4 heteroatoms. The molecule has 0 spiro atoms. The Labute approximate surface area is 112 Å². The fourth-order valence-corrected chi connectivity index (χ4v) is 2.33. The van der Waals surface area contributed by atoms with Crippen molar-refractivity contribution >= 4 is 29.0 Å². The summed E-state index contributed by atoms with van der Waals surface area (Å²) in [5.74, 6) is 1.94. The molecule has 0 amide bonds. The molecule has 1 heterocycles. The topological polar surface area (TPSA) is 50.9 Å². The summed E-state index contributed by atoms with van der Waals surface area (Å²) in [6.07, 6.45) is 1.66. The highest BCUT2D eigenvalue weighted by Crippen LogP contribution is 2.23. The maximum atomic E-state index is 5.68. The highest BCUT2D eigenvalue weighted by Gasteiger charge is 2.01. The molecule has 94 valence electrons. The fourth-order valence-electron chi connectivity index (χ4n) is 1.67. The molecular formula is C14H17N3S. The third-order valence-corrected chi connectivity index (χ3v) is 3.42. The zero-order valence-corrected chi connectivity index (χ0v) is 11.4. The molecule has 2 aromatic rings. The lowest BCUT2D eigenvalue weighted by molar-refractivity contribution is 1.26. The zero-order valence-electron chi connectivity index (χ0n) is 10.6. The van der Waals surface area contributed by atoms with E-state index in [1.807, 2.05) is 24.8 Å². The van der Waals surface area contributed by atoms with Gasteiger partial charge in [0.05, 0.1) is 11.9 Å². The molecule has 0 aliphatic carbocycles. The van der Waals surface area contributed by atoms with Crippen LogP contribution >= 0.6 is 11.8 Å². The molecule has 0 atom stereocenters. The average molecular weight is 259 g/mol. The van der Waals surface area contributed by atoms with Crippen LogP contribution in [-0.2, 0) is 0 Å². The van der Waals surface area contributed by atoms with Crippen LogP contribution in [0.25, 0.3) is 0 Å². The number of nitrogens with one attached hydrogen (secondary N) is 1. The molecule has 2 rings (SSSR count). The van der Waals surface area contributed by atoms with Crippen LogP contribution in [0.4, 0.5) is 17.2 Å². The second-order valence-corrected chi connectivity index (χ2v) is 5.35. The molecule has 0 radical (unpaired) electrons. The molecule has 1 aromatic carbocycles. The minimum atomic E-state index is 0.688. The average Bonchev–Trinajstić information content (AvgIpc) is 2.35. The SMILES string of the molecule is CCSc1ccc(Nc2ncc(N)cc2C)cc1. The summed E-state index contributed by atoms with van der Waals surface area (Å²) in [6.45, 7) is 4.14. The predicted octanol–water partition coefficient (Wildman–Crippen LogP) is 3.83. The van der Waals surface area contributed by atoms with Gasteiger partial charge in [-0.15, -0.1) is 11.8 Å². The van der Waals surface area contributed by atoms with E-state index in [4.69, 9.17) is 5.73 Å². The lowest BCUT2D eigenvalue weighted by Gasteiger charge is -2.09. The van der Waals surface area contributed by atoms with Gasteiger partial charge in [0, 0.05) is 10.6 Å². The number of rotatable bonds is 4. The van der Waals surface area contributed by atoms with E-state index in [9.17, 15) is 0 Å². The van der Waals surface area contributed by atoms with Gasteiger partial charge in [-0.1, -0.05) is 6.92 Å². The number of aryl methyl sites for hydroxylation is 1. The summed E-state index contributed by atoms with van der Waals surface area (Å²) in [6, 6.07) is 10.3. The van der Waals surface area contributed by atoms with Crippen molar-refractivity contribution in [1.82, 2.24) is 4.98 Å². The van der Waals surface area contributed by atoms with E-state index in [0.717, 1.165) is 22.8 Å². The molecule has 0 fully saturated rings. The number of nitrogens with two attached hydrogens (primary N) is 1. The third-order valence-electron chi connectivity index (χ3n) is 2.53. The monoisotopic (exact) mass is 259 g/mol. The maximum Gasteiger partial charge on any atom is 0.133 e. The van der Waals surface area contributed by atoms with Gasteiger partial charge in [-0.25, -0.2) is 4.98 Å². The summed E-state index contributed by atoms with van der Waals surface area (Å²) in [5.41, 5.74) is 8.45. The first-order valence-corrected chi connectivity index (χ1v) is 6.89. The highest BCUT2D eigenvalue weighted by atomic mass is 32.2. The molecule has 0 aliphatic heterocycles. The Bertz CT molecular complexity index is 523. The zero-order chi connectivity index (χ0) is 13.0. The number of nitrogen functional groups attached to an aromatic ring is 1. The molecule has 1 aromatic heterocycles. The number of hydrogen-bond donors (Lipinski definition) is 2. The minimum Gasteiger partial charge on any atom is -0.397 e. The molecule has 3 nitrogen and oxygen atoms in total. The van der Waals surface area contributed by atoms with Crippen molar-refractivity contribution in [3.8, 4) is 0 Å². The van der Waals surface area contributed by atoms with Crippen molar-refractivity contribution in [2.24, 2.45) is 0 Å². The number of anilines is 3. The van der Waals surface area contributed by atoms with Crippen LogP contribution in [0.15, 0.2) is 41.4 Å². The summed E-state index contributed by atoms with van der Waals surface area (Å²) in [5, 5.41) is 3.29. The first-order chi connectivity index (χ1) is 8.69. The Morgan fingerprint density at radius 1 is 1.28 bits per heavy atom. The van der Waals surface area contributed by atoms with Crippen molar-refractivity contribution in [1.29, 1.82) is 0 Å². The van der Waals surface area contributed by atoms with Gasteiger partial charge in [0.2, 0.25) is 0 Å². The highest BCUT2D eigenvalue weighted by molar-refractivity contribution is 7.99. The molecule has 0 unspecified atom stereocenters. The van der Waals surface area contributed by atoms with Crippen LogP contribution in [0.5, 0.6) is 0 Å². The summed E-state index contributed by atoms with van der Waals surface area (Å²) in [4.78, 5) is 5.57. The van der Waals surface area contributed by atoms with Gasteiger partial charge in [0.1, 0.15) is 5.82 Å². The van der Waals surface area contributed by atoms with E-state index in [2.05, 4.69) is 41.5 Å². The Hall–Kier alpha value is -1.68. The Kier molecular flexibility index (Phi) is 4.10. The number of aromatic nitrogens is 1. The summed E-state index contributed by atoms with van der Waals surface area (Å²) in [7, 11) is 0. The van der Waals surface area contributed by atoms with E-state index < -0.39 is 0 Å². The number of benzene rings is 1. The first-order valence-electron chi connectivity index (χ1n) is 5.91. The van der Waals surface area contributed by atoms with Crippen LogP contribution < -0.4 is 11.1 Å². The van der Waals surface area contributed by atoms with Crippen molar-refractivity contribution in [2.75, 3.05) is 16.8 Å².